The number of hydrogen-bond donors (Lipinski definition) is 1. The minimum Gasteiger partial charge on any atom is -0.309 e. The second-order valence-electron chi connectivity index (χ2n) is 5.68. The first-order valence-corrected chi connectivity index (χ1v) is 9.35. The summed E-state index contributed by atoms with van der Waals surface area (Å²) in [5.74, 6) is -0.0513. The maximum absolute atomic E-state index is 12.1. The van der Waals surface area contributed by atoms with E-state index in [1.165, 1.54) is 11.3 Å². The molecule has 0 atom stereocenters. The summed E-state index contributed by atoms with van der Waals surface area (Å²) in [7, 11) is 4.04. The number of para-hydroxylation sites is 1. The Morgan fingerprint density at radius 2 is 1.96 bits per heavy atom. The number of fused-ring (bicyclic) bond motifs is 1. The summed E-state index contributed by atoms with van der Waals surface area (Å²) in [4.78, 5) is 18.7. The van der Waals surface area contributed by atoms with Gasteiger partial charge in [-0.1, -0.05) is 23.5 Å². The summed E-state index contributed by atoms with van der Waals surface area (Å²) in [6.45, 7) is 0.917. The number of nitrogens with one attached hydrogen (secondary N) is 1. The smallest absolute Gasteiger partial charge is 0.226 e. The highest BCUT2D eigenvalue weighted by Gasteiger charge is 2.10. The average Bonchev–Trinajstić information content (AvgIpc) is 3.17. The maximum Gasteiger partial charge on any atom is 0.226 e. The zero-order valence-corrected chi connectivity index (χ0v) is 15.3. The molecule has 0 fully saturated rings. The lowest BCUT2D eigenvalue weighted by Gasteiger charge is -2.05. The summed E-state index contributed by atoms with van der Waals surface area (Å²) < 4.78 is 1.16. The zero-order chi connectivity index (χ0) is 16.9. The molecule has 0 spiro atoms. The number of rotatable bonds is 7. The van der Waals surface area contributed by atoms with Crippen LogP contribution >= 0.6 is 22.7 Å². The Hall–Kier alpha value is -1.90. The number of aromatic nitrogens is 3. The van der Waals surface area contributed by atoms with Gasteiger partial charge in [0.05, 0.1) is 15.2 Å². The Kier molecular flexibility index (Phi) is 5.49. The van der Waals surface area contributed by atoms with Gasteiger partial charge in [0.15, 0.2) is 0 Å². The number of aryl methyl sites for hydroxylation is 1. The topological polar surface area (TPSA) is 71.0 Å². The van der Waals surface area contributed by atoms with Gasteiger partial charge in [-0.15, -0.1) is 21.5 Å². The number of amides is 1. The van der Waals surface area contributed by atoms with Crippen molar-refractivity contribution in [2.75, 3.05) is 26.0 Å². The molecule has 2 heterocycles. The van der Waals surface area contributed by atoms with Gasteiger partial charge in [0, 0.05) is 25.8 Å². The Morgan fingerprint density at radius 1 is 1.12 bits per heavy atom. The minimum absolute atomic E-state index is 0.0513. The van der Waals surface area contributed by atoms with Gasteiger partial charge in [-0.05, 0) is 26.2 Å². The van der Waals surface area contributed by atoms with Crippen LogP contribution in [-0.2, 0) is 17.6 Å². The van der Waals surface area contributed by atoms with Crippen molar-refractivity contribution in [1.29, 1.82) is 0 Å². The van der Waals surface area contributed by atoms with Gasteiger partial charge in [0.25, 0.3) is 0 Å². The van der Waals surface area contributed by atoms with Crippen LogP contribution in [0.4, 0.5) is 5.13 Å². The molecule has 3 aromatic rings. The number of benzene rings is 1. The van der Waals surface area contributed by atoms with Gasteiger partial charge < -0.3 is 10.2 Å². The maximum atomic E-state index is 12.1. The molecule has 0 aliphatic rings. The zero-order valence-electron chi connectivity index (χ0n) is 13.7. The SMILES string of the molecule is CN(C)CCc1nnc(NC(=O)CCc2nc3ccccc3s2)s1. The first kappa shape index (κ1) is 16.9. The summed E-state index contributed by atoms with van der Waals surface area (Å²) >= 11 is 3.07. The van der Waals surface area contributed by atoms with Crippen LogP contribution in [0, 0.1) is 0 Å². The van der Waals surface area contributed by atoms with E-state index in [-0.39, 0.29) is 5.91 Å². The molecule has 0 unspecified atom stereocenters. The van der Waals surface area contributed by atoms with Crippen LogP contribution in [0.2, 0.25) is 0 Å². The normalized spacial score (nSPS) is 11.3. The fourth-order valence-corrected chi connectivity index (χ4v) is 3.87. The molecule has 0 aliphatic carbocycles. The number of anilines is 1. The van der Waals surface area contributed by atoms with Crippen LogP contribution in [0.5, 0.6) is 0 Å². The quantitative estimate of drug-likeness (QED) is 0.701. The van der Waals surface area contributed by atoms with Crippen molar-refractivity contribution in [2.45, 2.75) is 19.3 Å². The van der Waals surface area contributed by atoms with E-state index < -0.39 is 0 Å². The molecule has 1 aromatic carbocycles. The second-order valence-corrected chi connectivity index (χ2v) is 7.86. The van der Waals surface area contributed by atoms with Crippen LogP contribution in [-0.4, -0.2) is 46.6 Å². The molecule has 3 rings (SSSR count). The number of hydrogen-bond acceptors (Lipinski definition) is 7. The van der Waals surface area contributed by atoms with Gasteiger partial charge in [-0.2, -0.15) is 0 Å². The lowest BCUT2D eigenvalue weighted by Crippen LogP contribution is -2.14. The molecular formula is C16H19N5OS2. The highest BCUT2D eigenvalue weighted by Crippen LogP contribution is 2.22. The standard InChI is InChI=1S/C16H19N5OS2/c1-21(2)10-9-15-19-20-16(24-15)18-13(22)7-8-14-17-11-5-3-4-6-12(11)23-14/h3-6H,7-10H2,1-2H3,(H,18,20,22). The third-order valence-corrected chi connectivity index (χ3v) is 5.38. The largest absolute Gasteiger partial charge is 0.309 e. The van der Waals surface area contributed by atoms with Gasteiger partial charge in [0.1, 0.15) is 5.01 Å². The third kappa shape index (κ3) is 4.56. The van der Waals surface area contributed by atoms with E-state index in [9.17, 15) is 4.79 Å². The molecule has 0 saturated heterocycles. The lowest BCUT2D eigenvalue weighted by molar-refractivity contribution is -0.116. The number of thiazole rings is 1. The van der Waals surface area contributed by atoms with E-state index in [0.717, 1.165) is 33.2 Å². The predicted octanol–water partition coefficient (Wildman–Crippen LogP) is 2.82. The molecule has 24 heavy (non-hydrogen) atoms. The molecule has 1 amide bonds. The van der Waals surface area contributed by atoms with E-state index in [2.05, 4.69) is 25.4 Å². The van der Waals surface area contributed by atoms with Crippen molar-refractivity contribution in [3.05, 3.63) is 34.3 Å². The third-order valence-electron chi connectivity index (χ3n) is 3.39. The van der Waals surface area contributed by atoms with E-state index in [1.807, 2.05) is 38.4 Å². The van der Waals surface area contributed by atoms with Crippen LogP contribution in [0.3, 0.4) is 0 Å². The molecule has 8 heteroatoms. The molecule has 0 radical (unpaired) electrons. The van der Waals surface area contributed by atoms with Crippen LogP contribution < -0.4 is 5.32 Å². The van der Waals surface area contributed by atoms with Crippen molar-refractivity contribution < 1.29 is 4.79 Å². The van der Waals surface area contributed by atoms with Crippen molar-refractivity contribution in [3.8, 4) is 0 Å². The first-order chi connectivity index (χ1) is 11.6. The van der Waals surface area contributed by atoms with Crippen molar-refractivity contribution in [2.24, 2.45) is 0 Å². The van der Waals surface area contributed by atoms with E-state index in [0.29, 0.717) is 18.0 Å². The highest BCUT2D eigenvalue weighted by molar-refractivity contribution is 7.18. The molecule has 0 bridgehead atoms. The lowest BCUT2D eigenvalue weighted by atomic mass is 10.3. The Bertz CT molecular complexity index is 794. The average molecular weight is 361 g/mol. The van der Waals surface area contributed by atoms with Crippen molar-refractivity contribution in [3.63, 3.8) is 0 Å². The molecule has 2 aromatic heterocycles. The Morgan fingerprint density at radius 3 is 2.75 bits per heavy atom. The van der Waals surface area contributed by atoms with Gasteiger partial charge in [0.2, 0.25) is 11.0 Å². The molecule has 6 nitrogen and oxygen atoms in total. The molecular weight excluding hydrogens is 342 g/mol. The number of carbonyl (C=O) groups excluding carboxylic acids is 1. The Labute approximate surface area is 148 Å². The number of carbonyl (C=O) groups is 1. The van der Waals surface area contributed by atoms with Crippen molar-refractivity contribution >= 4 is 43.9 Å². The first-order valence-electron chi connectivity index (χ1n) is 7.71. The Balaban J connectivity index is 1.50. The number of likely N-dealkylation sites (N-methyl/N-ethyl adjacent to an activating group) is 1. The summed E-state index contributed by atoms with van der Waals surface area (Å²) in [5.41, 5.74) is 0.993. The fourth-order valence-electron chi connectivity index (χ4n) is 2.15. The molecule has 0 saturated carbocycles. The van der Waals surface area contributed by atoms with E-state index in [1.54, 1.807) is 11.3 Å². The molecule has 0 aliphatic heterocycles. The van der Waals surface area contributed by atoms with Crippen LogP contribution in [0.25, 0.3) is 10.2 Å². The van der Waals surface area contributed by atoms with Gasteiger partial charge >= 0.3 is 0 Å². The van der Waals surface area contributed by atoms with Crippen LogP contribution in [0.1, 0.15) is 16.4 Å². The van der Waals surface area contributed by atoms with Gasteiger partial charge in [-0.25, -0.2) is 4.98 Å². The van der Waals surface area contributed by atoms with Crippen molar-refractivity contribution in [1.82, 2.24) is 20.1 Å². The van der Waals surface area contributed by atoms with E-state index in [4.69, 9.17) is 0 Å². The predicted molar refractivity (Wildman–Crippen MR) is 98.7 cm³/mol. The van der Waals surface area contributed by atoms with Gasteiger partial charge in [-0.3, -0.25) is 4.79 Å². The number of nitrogens with zero attached hydrogens (tertiary/aromatic N) is 4. The summed E-state index contributed by atoms with van der Waals surface area (Å²) in [6, 6.07) is 8.02. The summed E-state index contributed by atoms with van der Waals surface area (Å²) in [5, 5.41) is 13.4. The monoisotopic (exact) mass is 361 g/mol. The molecule has 1 N–H and O–H groups in total. The second kappa shape index (κ2) is 7.78. The highest BCUT2D eigenvalue weighted by atomic mass is 32.1. The fraction of sp³-hybridized carbons (Fsp3) is 0.375. The molecule has 126 valence electrons. The summed E-state index contributed by atoms with van der Waals surface area (Å²) in [6.07, 6.45) is 1.87. The van der Waals surface area contributed by atoms with E-state index >= 15 is 0 Å². The van der Waals surface area contributed by atoms with Crippen LogP contribution in [0.15, 0.2) is 24.3 Å². The minimum atomic E-state index is -0.0513.